The Morgan fingerprint density at radius 1 is 1.67 bits per heavy atom. The largest absolute Gasteiger partial charge is 0.452 e. The lowest BCUT2D eigenvalue weighted by atomic mass is 10.3. The van der Waals surface area contributed by atoms with Gasteiger partial charge in [-0.25, -0.2) is 4.98 Å². The molecule has 1 unspecified atom stereocenters. The highest BCUT2D eigenvalue weighted by molar-refractivity contribution is 5.95. The van der Waals surface area contributed by atoms with E-state index >= 15 is 0 Å². The highest BCUT2D eigenvalue weighted by atomic mass is 16.6. The van der Waals surface area contributed by atoms with E-state index in [2.05, 4.69) is 10.3 Å². The van der Waals surface area contributed by atoms with E-state index in [4.69, 9.17) is 9.84 Å². The number of rotatable bonds is 0. The van der Waals surface area contributed by atoms with Crippen molar-refractivity contribution in [3.63, 3.8) is 0 Å². The van der Waals surface area contributed by atoms with Gasteiger partial charge in [-0.15, -0.1) is 0 Å². The average molecular weight is 166 g/mol. The van der Waals surface area contributed by atoms with Crippen molar-refractivity contribution in [2.24, 2.45) is 0 Å². The third-order valence-corrected chi connectivity index (χ3v) is 1.48. The molecule has 0 saturated carbocycles. The van der Waals surface area contributed by atoms with Crippen molar-refractivity contribution in [3.05, 3.63) is 18.3 Å². The Bertz CT molecular complexity index is 326. The van der Waals surface area contributed by atoms with Crippen LogP contribution in [0.4, 0.5) is 5.82 Å². The van der Waals surface area contributed by atoms with E-state index in [-0.39, 0.29) is 0 Å². The van der Waals surface area contributed by atoms with Crippen molar-refractivity contribution in [2.75, 3.05) is 5.32 Å². The molecule has 0 aliphatic carbocycles. The van der Waals surface area contributed by atoms with Crippen LogP contribution >= 0.6 is 0 Å². The Balaban J connectivity index is 2.40. The highest BCUT2D eigenvalue weighted by Crippen LogP contribution is 2.25. The summed E-state index contributed by atoms with van der Waals surface area (Å²) in [5.74, 6) is 0.124. The first-order valence-corrected chi connectivity index (χ1v) is 3.38. The zero-order valence-electron chi connectivity index (χ0n) is 6.02. The lowest BCUT2D eigenvalue weighted by Crippen LogP contribution is -2.36. The third kappa shape index (κ3) is 0.998. The van der Waals surface area contributed by atoms with Crippen LogP contribution in [0.15, 0.2) is 18.3 Å². The van der Waals surface area contributed by atoms with Crippen LogP contribution < -0.4 is 10.1 Å². The van der Waals surface area contributed by atoms with Gasteiger partial charge in [0, 0.05) is 6.20 Å². The molecule has 2 heterocycles. The SMILES string of the molecule is O=C1Nc2ncccc2OC1O. The summed E-state index contributed by atoms with van der Waals surface area (Å²) in [6.07, 6.45) is 0.0990. The Morgan fingerprint density at radius 2 is 2.50 bits per heavy atom. The molecule has 12 heavy (non-hydrogen) atoms. The van der Waals surface area contributed by atoms with E-state index < -0.39 is 12.2 Å². The number of hydrogen-bond acceptors (Lipinski definition) is 4. The van der Waals surface area contributed by atoms with Gasteiger partial charge in [-0.3, -0.25) is 4.79 Å². The standard InChI is InChI=1S/C7H6N2O3/c10-6-7(11)12-4-2-1-3-8-5(4)9-6/h1-3,7,11H,(H,8,9,10). The van der Waals surface area contributed by atoms with Crippen LogP contribution in [0.5, 0.6) is 5.75 Å². The fourth-order valence-electron chi connectivity index (χ4n) is 0.932. The number of aliphatic hydroxyl groups excluding tert-OH is 1. The van der Waals surface area contributed by atoms with Crippen molar-refractivity contribution in [3.8, 4) is 5.75 Å². The normalized spacial score (nSPS) is 20.8. The topological polar surface area (TPSA) is 71.5 Å². The van der Waals surface area contributed by atoms with Gasteiger partial charge in [0.25, 0.3) is 12.2 Å². The summed E-state index contributed by atoms with van der Waals surface area (Å²) in [4.78, 5) is 14.7. The van der Waals surface area contributed by atoms with E-state index in [0.717, 1.165) is 0 Å². The molecular weight excluding hydrogens is 160 g/mol. The predicted molar refractivity (Wildman–Crippen MR) is 39.5 cm³/mol. The van der Waals surface area contributed by atoms with Crippen LogP contribution in [0.1, 0.15) is 0 Å². The Labute approximate surface area is 68.0 Å². The fraction of sp³-hybridized carbons (Fsp3) is 0.143. The molecule has 1 atom stereocenters. The molecule has 1 aliphatic rings. The summed E-state index contributed by atoms with van der Waals surface area (Å²) in [6, 6.07) is 3.27. The first-order valence-electron chi connectivity index (χ1n) is 3.38. The van der Waals surface area contributed by atoms with Crippen molar-refractivity contribution >= 4 is 11.7 Å². The molecule has 0 aromatic carbocycles. The number of nitrogens with zero attached hydrogens (tertiary/aromatic N) is 1. The van der Waals surface area contributed by atoms with Crippen molar-refractivity contribution in [1.82, 2.24) is 4.98 Å². The minimum atomic E-state index is -1.43. The molecule has 1 aliphatic heterocycles. The molecule has 0 bridgehead atoms. The van der Waals surface area contributed by atoms with Crippen molar-refractivity contribution in [1.29, 1.82) is 0 Å². The maximum absolute atomic E-state index is 10.8. The number of amides is 1. The van der Waals surface area contributed by atoms with Crippen LogP contribution in [-0.4, -0.2) is 22.3 Å². The summed E-state index contributed by atoms with van der Waals surface area (Å²) in [5, 5.41) is 11.3. The molecule has 5 heteroatoms. The van der Waals surface area contributed by atoms with E-state index in [1.54, 1.807) is 12.1 Å². The molecule has 0 saturated heterocycles. The summed E-state index contributed by atoms with van der Waals surface area (Å²) in [7, 11) is 0. The number of carbonyl (C=O) groups is 1. The minimum absolute atomic E-state index is 0.341. The molecular formula is C7H6N2O3. The van der Waals surface area contributed by atoms with Gasteiger partial charge in [-0.1, -0.05) is 0 Å². The number of carbonyl (C=O) groups excluding carboxylic acids is 1. The van der Waals surface area contributed by atoms with Gasteiger partial charge in [0.15, 0.2) is 11.6 Å². The Hall–Kier alpha value is -1.62. The molecule has 0 radical (unpaired) electrons. The maximum Gasteiger partial charge on any atom is 0.295 e. The monoisotopic (exact) mass is 166 g/mol. The molecule has 62 valence electrons. The van der Waals surface area contributed by atoms with E-state index in [0.29, 0.717) is 11.6 Å². The molecule has 2 N–H and O–H groups in total. The molecule has 1 aromatic rings. The number of hydrogen-bond donors (Lipinski definition) is 2. The Morgan fingerprint density at radius 3 is 3.33 bits per heavy atom. The summed E-state index contributed by atoms with van der Waals surface area (Å²) >= 11 is 0. The molecule has 0 spiro atoms. The second kappa shape index (κ2) is 2.46. The fourth-order valence-corrected chi connectivity index (χ4v) is 0.932. The molecule has 2 rings (SSSR count). The van der Waals surface area contributed by atoms with Crippen LogP contribution in [0.25, 0.3) is 0 Å². The smallest absolute Gasteiger partial charge is 0.295 e. The second-order valence-electron chi connectivity index (χ2n) is 2.31. The summed E-state index contributed by atoms with van der Waals surface area (Å²) < 4.78 is 4.83. The van der Waals surface area contributed by atoms with Gasteiger partial charge in [0.1, 0.15) is 0 Å². The van der Waals surface area contributed by atoms with Gasteiger partial charge in [-0.05, 0) is 12.1 Å². The number of anilines is 1. The lowest BCUT2D eigenvalue weighted by Gasteiger charge is -2.20. The van der Waals surface area contributed by atoms with E-state index in [1.807, 2.05) is 0 Å². The van der Waals surface area contributed by atoms with E-state index in [1.165, 1.54) is 6.20 Å². The first kappa shape index (κ1) is 7.05. The van der Waals surface area contributed by atoms with Crippen molar-refractivity contribution in [2.45, 2.75) is 6.29 Å². The van der Waals surface area contributed by atoms with Gasteiger partial charge >= 0.3 is 0 Å². The first-order chi connectivity index (χ1) is 5.77. The van der Waals surface area contributed by atoms with Gasteiger partial charge in [0.2, 0.25) is 0 Å². The van der Waals surface area contributed by atoms with Crippen LogP contribution in [0.2, 0.25) is 0 Å². The van der Waals surface area contributed by atoms with Gasteiger partial charge < -0.3 is 15.2 Å². The zero-order valence-corrected chi connectivity index (χ0v) is 6.02. The molecule has 5 nitrogen and oxygen atoms in total. The van der Waals surface area contributed by atoms with Crippen LogP contribution in [-0.2, 0) is 4.79 Å². The van der Waals surface area contributed by atoms with Crippen molar-refractivity contribution < 1.29 is 14.6 Å². The number of pyridine rings is 1. The molecule has 1 aromatic heterocycles. The Kier molecular flexibility index (Phi) is 1.44. The highest BCUT2D eigenvalue weighted by Gasteiger charge is 2.25. The molecule has 1 amide bonds. The average Bonchev–Trinajstić information content (AvgIpc) is 2.07. The lowest BCUT2D eigenvalue weighted by molar-refractivity contribution is -0.139. The van der Waals surface area contributed by atoms with Crippen LogP contribution in [0, 0.1) is 0 Å². The summed E-state index contributed by atoms with van der Waals surface area (Å²) in [6.45, 7) is 0. The maximum atomic E-state index is 10.8. The zero-order chi connectivity index (χ0) is 8.55. The minimum Gasteiger partial charge on any atom is -0.452 e. The number of aromatic nitrogens is 1. The number of ether oxygens (including phenoxy) is 1. The van der Waals surface area contributed by atoms with Gasteiger partial charge in [-0.2, -0.15) is 0 Å². The molecule has 0 fully saturated rings. The second-order valence-corrected chi connectivity index (χ2v) is 2.31. The number of aliphatic hydroxyl groups is 1. The number of nitrogens with one attached hydrogen (secondary N) is 1. The quantitative estimate of drug-likeness (QED) is 0.556. The van der Waals surface area contributed by atoms with Gasteiger partial charge in [0.05, 0.1) is 0 Å². The third-order valence-electron chi connectivity index (χ3n) is 1.48. The summed E-state index contributed by atoms with van der Waals surface area (Å²) in [5.41, 5.74) is 0. The number of fused-ring (bicyclic) bond motifs is 1. The van der Waals surface area contributed by atoms with Crippen LogP contribution in [0.3, 0.4) is 0 Å². The predicted octanol–water partition coefficient (Wildman–Crippen LogP) is -0.269. The van der Waals surface area contributed by atoms with E-state index in [9.17, 15) is 4.79 Å².